The van der Waals surface area contributed by atoms with Gasteiger partial charge < -0.3 is 4.74 Å². The maximum Gasteiger partial charge on any atom is 0.280 e. The number of hydrogen-bond acceptors (Lipinski definition) is 7. The highest BCUT2D eigenvalue weighted by Gasteiger charge is 2.30. The first-order chi connectivity index (χ1) is 14.3. The smallest absolute Gasteiger partial charge is 0.280 e. The minimum absolute atomic E-state index is 0.105. The minimum Gasteiger partial charge on any atom is -0.496 e. The Morgan fingerprint density at radius 3 is 2.73 bits per heavy atom. The zero-order valence-corrected chi connectivity index (χ0v) is 19.0. The van der Waals surface area contributed by atoms with Gasteiger partial charge in [-0.25, -0.2) is 18.7 Å². The predicted octanol–water partition coefficient (Wildman–Crippen LogP) is 5.24. The molecule has 0 aliphatic carbocycles. The van der Waals surface area contributed by atoms with E-state index in [9.17, 15) is 13.6 Å². The van der Waals surface area contributed by atoms with E-state index >= 15 is 0 Å². The van der Waals surface area contributed by atoms with Gasteiger partial charge in [0.25, 0.3) is 12.3 Å². The Bertz CT molecular complexity index is 1010. The van der Waals surface area contributed by atoms with Gasteiger partial charge in [0.2, 0.25) is 0 Å². The molecule has 1 amide bonds. The van der Waals surface area contributed by atoms with Gasteiger partial charge in [0.1, 0.15) is 15.8 Å². The third-order valence-electron chi connectivity index (χ3n) is 4.23. The fraction of sp³-hybridized carbons (Fsp3) is 0.300. The minimum atomic E-state index is -2.65. The average Bonchev–Trinajstić information content (AvgIpc) is 2.98. The van der Waals surface area contributed by atoms with Gasteiger partial charge in [0.05, 0.1) is 12.0 Å². The van der Waals surface area contributed by atoms with E-state index in [0.717, 1.165) is 11.1 Å². The summed E-state index contributed by atoms with van der Waals surface area (Å²) in [5.41, 5.74) is 1.86. The maximum atomic E-state index is 13.0. The van der Waals surface area contributed by atoms with Gasteiger partial charge in [-0.05, 0) is 43.7 Å². The molecule has 2 aromatic rings. The number of carbonyl (C=O) groups excluding carboxylic acids is 1. The number of halogens is 2. The molecule has 5 nitrogen and oxygen atoms in total. The molecule has 2 heterocycles. The van der Waals surface area contributed by atoms with Crippen molar-refractivity contribution in [3.8, 4) is 5.75 Å². The summed E-state index contributed by atoms with van der Waals surface area (Å²) >= 11 is 7.77. The number of alkyl halides is 2. The van der Waals surface area contributed by atoms with Crippen molar-refractivity contribution in [2.45, 2.75) is 31.2 Å². The molecule has 0 N–H and O–H groups in total. The zero-order chi connectivity index (χ0) is 21.8. The highest BCUT2D eigenvalue weighted by Crippen LogP contribution is 2.34. The van der Waals surface area contributed by atoms with Crippen LogP contribution in [0.15, 0.2) is 34.3 Å². The van der Waals surface area contributed by atoms with Crippen LogP contribution < -0.4 is 4.74 Å². The van der Waals surface area contributed by atoms with E-state index in [4.69, 9.17) is 17.0 Å². The predicted molar refractivity (Wildman–Crippen MR) is 120 cm³/mol. The maximum absolute atomic E-state index is 13.0. The number of thiocarbonyl (C=S) groups is 1. The number of rotatable bonds is 7. The number of methoxy groups -OCH3 is 1. The lowest BCUT2D eigenvalue weighted by Crippen LogP contribution is -2.27. The van der Waals surface area contributed by atoms with Crippen molar-refractivity contribution in [1.29, 1.82) is 0 Å². The Balaban J connectivity index is 1.83. The number of aromatic nitrogens is 2. The molecule has 0 spiro atoms. The normalized spacial score (nSPS) is 15.5. The highest BCUT2D eigenvalue weighted by atomic mass is 32.2. The second-order valence-corrected chi connectivity index (χ2v) is 8.92. The third-order valence-corrected chi connectivity index (χ3v) is 6.50. The molecule has 1 aromatic carbocycles. The van der Waals surface area contributed by atoms with Crippen molar-refractivity contribution >= 4 is 52.0 Å². The number of benzene rings is 1. The summed E-state index contributed by atoms with van der Waals surface area (Å²) in [5.74, 6) is 0.974. The number of ether oxygens (including phenoxy) is 1. The summed E-state index contributed by atoms with van der Waals surface area (Å²) in [5, 5.41) is 0.279. The van der Waals surface area contributed by atoms with E-state index in [1.54, 1.807) is 25.0 Å². The number of amides is 1. The molecule has 158 valence electrons. The Labute approximate surface area is 187 Å². The molecule has 1 saturated heterocycles. The molecule has 0 unspecified atom stereocenters. The lowest BCUT2D eigenvalue weighted by atomic mass is 10.1. The summed E-state index contributed by atoms with van der Waals surface area (Å²) in [7, 11) is 1.56. The first kappa shape index (κ1) is 22.6. The second kappa shape index (κ2) is 9.84. The number of hydrogen-bond donors (Lipinski definition) is 0. The van der Waals surface area contributed by atoms with Crippen LogP contribution in [0.4, 0.5) is 8.78 Å². The molecule has 1 aliphatic rings. The average molecular weight is 468 g/mol. The summed E-state index contributed by atoms with van der Waals surface area (Å²) in [6, 6.07) is 6.84. The lowest BCUT2D eigenvalue weighted by Gasteiger charge is -2.10. The number of thioether (sulfide) groups is 2. The van der Waals surface area contributed by atoms with Crippen LogP contribution in [0.5, 0.6) is 5.75 Å². The molecule has 1 aliphatic heterocycles. The summed E-state index contributed by atoms with van der Waals surface area (Å²) < 4.78 is 32.0. The van der Waals surface area contributed by atoms with Gasteiger partial charge >= 0.3 is 0 Å². The van der Waals surface area contributed by atoms with E-state index in [-0.39, 0.29) is 16.8 Å². The fourth-order valence-corrected chi connectivity index (χ4v) is 5.08. The zero-order valence-electron chi connectivity index (χ0n) is 16.5. The van der Waals surface area contributed by atoms with E-state index in [1.807, 2.05) is 25.1 Å². The monoisotopic (exact) mass is 467 g/mol. The number of carbonyl (C=O) groups is 1. The molecule has 0 bridgehead atoms. The first-order valence-corrected chi connectivity index (χ1v) is 11.2. The summed E-state index contributed by atoms with van der Waals surface area (Å²) in [6.07, 6.45) is -0.855. The summed E-state index contributed by atoms with van der Waals surface area (Å²) in [4.78, 5) is 22.7. The number of likely N-dealkylation sites (N-methyl/N-ethyl adjacent to an activating group) is 1. The third kappa shape index (κ3) is 5.16. The van der Waals surface area contributed by atoms with E-state index in [0.29, 0.717) is 33.0 Å². The molecule has 0 atom stereocenters. The van der Waals surface area contributed by atoms with Crippen LogP contribution in [0, 0.1) is 6.92 Å². The van der Waals surface area contributed by atoms with E-state index in [1.165, 1.54) is 29.6 Å². The van der Waals surface area contributed by atoms with Crippen LogP contribution in [0.1, 0.15) is 35.9 Å². The molecular formula is C20H19F2N3O2S3. The van der Waals surface area contributed by atoms with Gasteiger partial charge in [-0.3, -0.25) is 9.69 Å². The lowest BCUT2D eigenvalue weighted by molar-refractivity contribution is -0.121. The quantitative estimate of drug-likeness (QED) is 0.239. The molecule has 1 fully saturated rings. The van der Waals surface area contributed by atoms with E-state index < -0.39 is 6.43 Å². The standard InChI is InChI=1S/C20H19F2N3O2S3/c1-4-25-18(26)16(30-20(25)28)9-12-5-6-15(27-3)13(8-12)10-29-19-23-11(2)7-14(24-19)17(21)22/h5-9,17H,4,10H2,1-3H3/b16-9+. The summed E-state index contributed by atoms with van der Waals surface area (Å²) in [6.45, 7) is 4.07. The van der Waals surface area contributed by atoms with Gasteiger partial charge in [-0.2, -0.15) is 0 Å². The van der Waals surface area contributed by atoms with Crippen molar-refractivity contribution in [3.05, 3.63) is 51.7 Å². The van der Waals surface area contributed by atoms with Gasteiger partial charge in [0.15, 0.2) is 5.16 Å². The Morgan fingerprint density at radius 1 is 1.33 bits per heavy atom. The van der Waals surface area contributed by atoms with Crippen molar-refractivity contribution in [1.82, 2.24) is 14.9 Å². The Kier molecular flexibility index (Phi) is 7.43. The molecular weight excluding hydrogens is 448 g/mol. The van der Waals surface area contributed by atoms with Gasteiger partial charge in [0, 0.05) is 23.6 Å². The molecule has 30 heavy (non-hydrogen) atoms. The van der Waals surface area contributed by atoms with Crippen LogP contribution in [0.3, 0.4) is 0 Å². The topological polar surface area (TPSA) is 55.3 Å². The van der Waals surface area contributed by atoms with Crippen LogP contribution in [-0.4, -0.2) is 38.8 Å². The van der Waals surface area contributed by atoms with Crippen molar-refractivity contribution in [3.63, 3.8) is 0 Å². The van der Waals surface area contributed by atoms with Crippen LogP contribution >= 0.6 is 35.7 Å². The van der Waals surface area contributed by atoms with E-state index in [2.05, 4.69) is 9.97 Å². The SMILES string of the molecule is CCN1C(=O)/C(=C\c2ccc(OC)c(CSc3nc(C)cc(C(F)F)n3)c2)SC1=S. The van der Waals surface area contributed by atoms with Gasteiger partial charge in [-0.15, -0.1) is 0 Å². The van der Waals surface area contributed by atoms with Gasteiger partial charge in [-0.1, -0.05) is 41.8 Å². The highest BCUT2D eigenvalue weighted by molar-refractivity contribution is 8.26. The molecule has 10 heteroatoms. The molecule has 0 radical (unpaired) electrons. The van der Waals surface area contributed by atoms with Crippen LogP contribution in [0.2, 0.25) is 0 Å². The number of aryl methyl sites for hydroxylation is 1. The van der Waals surface area contributed by atoms with Crippen LogP contribution in [0.25, 0.3) is 6.08 Å². The largest absolute Gasteiger partial charge is 0.496 e. The molecule has 1 aromatic heterocycles. The number of nitrogens with zero attached hydrogens (tertiary/aromatic N) is 3. The first-order valence-electron chi connectivity index (χ1n) is 9.01. The van der Waals surface area contributed by atoms with Crippen molar-refractivity contribution < 1.29 is 18.3 Å². The fourth-order valence-electron chi connectivity index (χ4n) is 2.81. The van der Waals surface area contributed by atoms with Crippen LogP contribution in [-0.2, 0) is 10.5 Å². The van der Waals surface area contributed by atoms with Crippen molar-refractivity contribution in [2.24, 2.45) is 0 Å². The molecule has 0 saturated carbocycles. The Hall–Kier alpha value is -2.04. The Morgan fingerprint density at radius 2 is 2.10 bits per heavy atom. The molecule has 3 rings (SSSR count). The van der Waals surface area contributed by atoms with Crippen molar-refractivity contribution in [2.75, 3.05) is 13.7 Å². The second-order valence-electron chi connectivity index (χ2n) is 6.30.